The van der Waals surface area contributed by atoms with Gasteiger partial charge in [-0.3, -0.25) is 5.32 Å². The van der Waals surface area contributed by atoms with Gasteiger partial charge in [0, 0.05) is 18.3 Å². The standard InChI is InChI=1S/C15H24N2O2/c1-11(2)10-19-15(18)17-14-7-5-6-13(8-14)9-16-12(3)4/h5-8,11-12,16H,9-10H2,1-4H3,(H,17,18). The van der Waals surface area contributed by atoms with Gasteiger partial charge in [0.25, 0.3) is 0 Å². The summed E-state index contributed by atoms with van der Waals surface area (Å²) in [6, 6.07) is 8.20. The molecule has 0 fully saturated rings. The van der Waals surface area contributed by atoms with E-state index in [1.807, 2.05) is 38.1 Å². The second-order valence-corrected chi connectivity index (χ2v) is 5.35. The summed E-state index contributed by atoms with van der Waals surface area (Å²) < 4.78 is 5.08. The zero-order valence-electron chi connectivity index (χ0n) is 12.2. The monoisotopic (exact) mass is 264 g/mol. The lowest BCUT2D eigenvalue weighted by Gasteiger charge is -2.11. The Balaban J connectivity index is 2.49. The molecule has 0 aromatic heterocycles. The van der Waals surface area contributed by atoms with E-state index in [-0.39, 0.29) is 0 Å². The molecule has 0 heterocycles. The van der Waals surface area contributed by atoms with Crippen LogP contribution in [0.15, 0.2) is 24.3 Å². The molecule has 4 heteroatoms. The van der Waals surface area contributed by atoms with Gasteiger partial charge in [-0.2, -0.15) is 0 Å². The van der Waals surface area contributed by atoms with Gasteiger partial charge in [-0.05, 0) is 23.6 Å². The number of nitrogens with one attached hydrogen (secondary N) is 2. The third-order valence-electron chi connectivity index (χ3n) is 2.44. The van der Waals surface area contributed by atoms with Crippen molar-refractivity contribution in [3.05, 3.63) is 29.8 Å². The molecule has 0 aliphatic heterocycles. The van der Waals surface area contributed by atoms with E-state index in [4.69, 9.17) is 4.74 Å². The van der Waals surface area contributed by atoms with Crippen LogP contribution >= 0.6 is 0 Å². The lowest BCUT2D eigenvalue weighted by atomic mass is 10.2. The van der Waals surface area contributed by atoms with Gasteiger partial charge in [0.15, 0.2) is 0 Å². The van der Waals surface area contributed by atoms with Crippen molar-refractivity contribution in [3.63, 3.8) is 0 Å². The van der Waals surface area contributed by atoms with Crippen molar-refractivity contribution in [2.75, 3.05) is 11.9 Å². The Hall–Kier alpha value is -1.55. The number of benzene rings is 1. The number of hydrogen-bond donors (Lipinski definition) is 2. The summed E-state index contributed by atoms with van der Waals surface area (Å²) in [5, 5.41) is 6.07. The molecule has 0 bridgehead atoms. The van der Waals surface area contributed by atoms with Gasteiger partial charge in [0.05, 0.1) is 6.61 Å². The fraction of sp³-hybridized carbons (Fsp3) is 0.533. The van der Waals surface area contributed by atoms with Crippen LogP contribution < -0.4 is 10.6 Å². The Morgan fingerprint density at radius 1 is 1.26 bits per heavy atom. The van der Waals surface area contributed by atoms with Crippen LogP contribution in [0.25, 0.3) is 0 Å². The van der Waals surface area contributed by atoms with E-state index in [1.54, 1.807) is 0 Å². The number of carbonyl (C=O) groups excluding carboxylic acids is 1. The molecule has 0 spiro atoms. The number of ether oxygens (including phenoxy) is 1. The molecule has 1 amide bonds. The van der Waals surface area contributed by atoms with Crippen molar-refractivity contribution in [1.29, 1.82) is 0 Å². The molecule has 0 aliphatic rings. The molecule has 2 N–H and O–H groups in total. The Bertz CT molecular complexity index is 403. The Labute approximate surface area is 115 Å². The molecule has 0 saturated heterocycles. The van der Waals surface area contributed by atoms with Crippen molar-refractivity contribution in [2.45, 2.75) is 40.3 Å². The van der Waals surface area contributed by atoms with Gasteiger partial charge in [0.2, 0.25) is 0 Å². The van der Waals surface area contributed by atoms with Gasteiger partial charge < -0.3 is 10.1 Å². The molecule has 1 rings (SSSR count). The van der Waals surface area contributed by atoms with Crippen molar-refractivity contribution in [2.24, 2.45) is 5.92 Å². The maximum absolute atomic E-state index is 11.5. The van der Waals surface area contributed by atoms with Crippen LogP contribution in [0.5, 0.6) is 0 Å². The number of hydrogen-bond acceptors (Lipinski definition) is 3. The van der Waals surface area contributed by atoms with E-state index < -0.39 is 6.09 Å². The molecule has 0 atom stereocenters. The summed E-state index contributed by atoms with van der Waals surface area (Å²) in [5.41, 5.74) is 1.90. The quantitative estimate of drug-likeness (QED) is 0.828. The molecule has 106 valence electrons. The highest BCUT2D eigenvalue weighted by molar-refractivity contribution is 5.84. The Morgan fingerprint density at radius 2 is 2.00 bits per heavy atom. The van der Waals surface area contributed by atoms with E-state index in [2.05, 4.69) is 24.5 Å². The molecule has 1 aromatic rings. The van der Waals surface area contributed by atoms with Gasteiger partial charge in [-0.1, -0.05) is 39.8 Å². The molecule has 0 radical (unpaired) electrons. The second kappa shape index (κ2) is 7.79. The van der Waals surface area contributed by atoms with Gasteiger partial charge in [-0.15, -0.1) is 0 Å². The topological polar surface area (TPSA) is 50.4 Å². The van der Waals surface area contributed by atoms with E-state index in [1.165, 1.54) is 0 Å². The third kappa shape index (κ3) is 6.82. The maximum Gasteiger partial charge on any atom is 0.411 e. The summed E-state index contributed by atoms with van der Waals surface area (Å²) in [5.74, 6) is 0.340. The highest BCUT2D eigenvalue weighted by Crippen LogP contribution is 2.11. The number of amides is 1. The van der Waals surface area contributed by atoms with Crippen LogP contribution in [0.4, 0.5) is 10.5 Å². The fourth-order valence-corrected chi connectivity index (χ4v) is 1.48. The average molecular weight is 264 g/mol. The lowest BCUT2D eigenvalue weighted by Crippen LogP contribution is -2.22. The molecule has 0 unspecified atom stereocenters. The molecule has 19 heavy (non-hydrogen) atoms. The highest BCUT2D eigenvalue weighted by atomic mass is 16.5. The summed E-state index contributed by atoms with van der Waals surface area (Å²) >= 11 is 0. The first kappa shape index (κ1) is 15.5. The van der Waals surface area contributed by atoms with E-state index in [0.717, 1.165) is 17.8 Å². The number of rotatable bonds is 6. The predicted octanol–water partition coefficient (Wildman–Crippen LogP) is 3.39. The first-order chi connectivity index (χ1) is 8.97. The largest absolute Gasteiger partial charge is 0.449 e. The summed E-state index contributed by atoms with van der Waals surface area (Å²) in [6.45, 7) is 9.43. The smallest absolute Gasteiger partial charge is 0.411 e. The third-order valence-corrected chi connectivity index (χ3v) is 2.44. The van der Waals surface area contributed by atoms with Crippen LogP contribution in [-0.2, 0) is 11.3 Å². The van der Waals surface area contributed by atoms with Crippen LogP contribution in [0.3, 0.4) is 0 Å². The van der Waals surface area contributed by atoms with Crippen LogP contribution in [0.1, 0.15) is 33.3 Å². The number of anilines is 1. The van der Waals surface area contributed by atoms with Crippen molar-refractivity contribution >= 4 is 11.8 Å². The first-order valence-electron chi connectivity index (χ1n) is 6.73. The minimum atomic E-state index is -0.400. The van der Waals surface area contributed by atoms with Crippen LogP contribution in [0.2, 0.25) is 0 Å². The zero-order valence-corrected chi connectivity index (χ0v) is 12.2. The first-order valence-corrected chi connectivity index (χ1v) is 6.73. The van der Waals surface area contributed by atoms with Crippen molar-refractivity contribution < 1.29 is 9.53 Å². The lowest BCUT2D eigenvalue weighted by molar-refractivity contribution is 0.147. The van der Waals surface area contributed by atoms with Gasteiger partial charge in [0.1, 0.15) is 0 Å². The zero-order chi connectivity index (χ0) is 14.3. The molecule has 0 aliphatic carbocycles. The molecular formula is C15H24N2O2. The SMILES string of the molecule is CC(C)COC(=O)Nc1cccc(CNC(C)C)c1. The molecular weight excluding hydrogens is 240 g/mol. The Morgan fingerprint density at radius 3 is 2.63 bits per heavy atom. The van der Waals surface area contributed by atoms with Crippen molar-refractivity contribution in [1.82, 2.24) is 5.32 Å². The molecule has 1 aromatic carbocycles. The normalized spacial score (nSPS) is 10.8. The maximum atomic E-state index is 11.5. The van der Waals surface area contributed by atoms with Crippen LogP contribution in [0, 0.1) is 5.92 Å². The average Bonchev–Trinajstić information content (AvgIpc) is 2.34. The Kier molecular flexibility index (Phi) is 6.36. The second-order valence-electron chi connectivity index (χ2n) is 5.35. The highest BCUT2D eigenvalue weighted by Gasteiger charge is 2.05. The van der Waals surface area contributed by atoms with Crippen LogP contribution in [-0.4, -0.2) is 18.7 Å². The number of carbonyl (C=O) groups is 1. The fourth-order valence-electron chi connectivity index (χ4n) is 1.48. The van der Waals surface area contributed by atoms with E-state index >= 15 is 0 Å². The van der Waals surface area contributed by atoms with E-state index in [0.29, 0.717) is 18.6 Å². The molecule has 4 nitrogen and oxygen atoms in total. The summed E-state index contributed by atoms with van der Waals surface area (Å²) in [7, 11) is 0. The van der Waals surface area contributed by atoms with Crippen molar-refractivity contribution in [3.8, 4) is 0 Å². The predicted molar refractivity (Wildman–Crippen MR) is 78.2 cm³/mol. The van der Waals surface area contributed by atoms with E-state index in [9.17, 15) is 4.79 Å². The van der Waals surface area contributed by atoms with Gasteiger partial charge in [-0.25, -0.2) is 4.79 Å². The summed E-state index contributed by atoms with van der Waals surface area (Å²) in [4.78, 5) is 11.5. The molecule has 0 saturated carbocycles. The minimum absolute atomic E-state index is 0.340. The minimum Gasteiger partial charge on any atom is -0.449 e. The summed E-state index contributed by atoms with van der Waals surface area (Å²) in [6.07, 6.45) is -0.400. The van der Waals surface area contributed by atoms with Gasteiger partial charge >= 0.3 is 6.09 Å².